The van der Waals surface area contributed by atoms with Crippen LogP contribution in [0.5, 0.6) is 0 Å². The Hall–Kier alpha value is -3.13. The maximum absolute atomic E-state index is 14.7. The Bertz CT molecular complexity index is 1180. The number of hydrogen-bond donors (Lipinski definition) is 1. The standard InChI is InChI=1S/C27H26ClF4N3O/c28-22-10-11-24(33-18-22)26(17-19-8-4-3-5-9-19,34-25(36)35-12-6-1-2-7-13-35)20-14-21(27(30,31)32)16-23(29)15-20/h3-5,8-11,14-16,18H,1-2,6-7,12-13,17H2,(H,34,36)/t26-/m0/s1. The second kappa shape index (κ2) is 10.9. The molecule has 1 atom stereocenters. The molecule has 3 aromatic rings. The summed E-state index contributed by atoms with van der Waals surface area (Å²) in [6.45, 7) is 1.05. The van der Waals surface area contributed by atoms with Gasteiger partial charge in [-0.15, -0.1) is 0 Å². The number of pyridine rings is 1. The van der Waals surface area contributed by atoms with Crippen LogP contribution >= 0.6 is 11.6 Å². The highest BCUT2D eigenvalue weighted by atomic mass is 35.5. The van der Waals surface area contributed by atoms with Crippen LogP contribution in [-0.2, 0) is 18.1 Å². The van der Waals surface area contributed by atoms with Crippen molar-refractivity contribution in [3.8, 4) is 0 Å². The summed E-state index contributed by atoms with van der Waals surface area (Å²) in [5, 5.41) is 3.30. The molecule has 1 aliphatic heterocycles. The predicted molar refractivity (Wildman–Crippen MR) is 130 cm³/mol. The molecule has 1 aromatic heterocycles. The number of benzene rings is 2. The topological polar surface area (TPSA) is 45.2 Å². The van der Waals surface area contributed by atoms with Crippen LogP contribution < -0.4 is 5.32 Å². The van der Waals surface area contributed by atoms with Gasteiger partial charge in [-0.1, -0.05) is 54.8 Å². The van der Waals surface area contributed by atoms with E-state index >= 15 is 0 Å². The van der Waals surface area contributed by atoms with Crippen LogP contribution in [0, 0.1) is 5.82 Å². The molecule has 0 radical (unpaired) electrons. The molecule has 1 saturated heterocycles. The molecule has 0 unspecified atom stereocenters. The molecule has 2 aromatic carbocycles. The lowest BCUT2D eigenvalue weighted by atomic mass is 9.79. The van der Waals surface area contributed by atoms with Gasteiger partial charge in [0.2, 0.25) is 0 Å². The second-order valence-electron chi connectivity index (χ2n) is 8.99. The summed E-state index contributed by atoms with van der Waals surface area (Å²) in [7, 11) is 0. The van der Waals surface area contributed by atoms with E-state index in [9.17, 15) is 22.4 Å². The maximum atomic E-state index is 14.7. The van der Waals surface area contributed by atoms with Crippen molar-refractivity contribution in [3.63, 3.8) is 0 Å². The van der Waals surface area contributed by atoms with E-state index in [1.807, 2.05) is 6.07 Å². The van der Waals surface area contributed by atoms with Crippen molar-refractivity contribution in [2.75, 3.05) is 13.1 Å². The third kappa shape index (κ3) is 5.98. The number of likely N-dealkylation sites (tertiary alicyclic amines) is 1. The number of nitrogens with one attached hydrogen (secondary N) is 1. The molecule has 9 heteroatoms. The molecule has 2 heterocycles. The number of alkyl halides is 3. The van der Waals surface area contributed by atoms with Crippen molar-refractivity contribution in [2.24, 2.45) is 0 Å². The Morgan fingerprint density at radius 2 is 1.61 bits per heavy atom. The molecule has 4 rings (SSSR count). The number of urea groups is 1. The van der Waals surface area contributed by atoms with Crippen molar-refractivity contribution in [1.82, 2.24) is 15.2 Å². The molecule has 0 aliphatic carbocycles. The first-order valence-corrected chi connectivity index (χ1v) is 12.2. The van der Waals surface area contributed by atoms with Crippen LogP contribution in [0.3, 0.4) is 0 Å². The first kappa shape index (κ1) is 25.9. The average Bonchev–Trinajstić information content (AvgIpc) is 3.14. The maximum Gasteiger partial charge on any atom is 0.416 e. The fraction of sp³-hybridized carbons (Fsp3) is 0.333. The minimum Gasteiger partial charge on any atom is -0.325 e. The number of aromatic nitrogens is 1. The molecule has 0 bridgehead atoms. The lowest BCUT2D eigenvalue weighted by molar-refractivity contribution is -0.137. The third-order valence-electron chi connectivity index (χ3n) is 6.41. The van der Waals surface area contributed by atoms with E-state index in [-0.39, 0.29) is 17.7 Å². The minimum atomic E-state index is -4.78. The van der Waals surface area contributed by atoms with Gasteiger partial charge in [0.1, 0.15) is 11.4 Å². The Labute approximate surface area is 212 Å². The predicted octanol–water partition coefficient (Wildman–Crippen LogP) is 6.96. The molecule has 1 fully saturated rings. The van der Waals surface area contributed by atoms with Crippen LogP contribution in [0.25, 0.3) is 0 Å². The van der Waals surface area contributed by atoms with E-state index in [2.05, 4.69) is 10.3 Å². The highest BCUT2D eigenvalue weighted by Gasteiger charge is 2.41. The van der Waals surface area contributed by atoms with Gasteiger partial charge in [-0.3, -0.25) is 4.98 Å². The van der Waals surface area contributed by atoms with Gasteiger partial charge in [-0.2, -0.15) is 13.2 Å². The van der Waals surface area contributed by atoms with Crippen LogP contribution in [0.15, 0.2) is 66.9 Å². The fourth-order valence-electron chi connectivity index (χ4n) is 4.59. The molecular weight excluding hydrogens is 494 g/mol. The van der Waals surface area contributed by atoms with Crippen LogP contribution in [0.4, 0.5) is 22.4 Å². The Balaban J connectivity index is 1.91. The molecule has 1 N–H and O–H groups in total. The van der Waals surface area contributed by atoms with E-state index in [1.165, 1.54) is 6.20 Å². The first-order chi connectivity index (χ1) is 17.2. The van der Waals surface area contributed by atoms with Gasteiger partial charge in [-0.25, -0.2) is 9.18 Å². The molecule has 4 nitrogen and oxygen atoms in total. The number of carbonyl (C=O) groups excluding carboxylic acids is 1. The van der Waals surface area contributed by atoms with Gasteiger partial charge in [0.25, 0.3) is 0 Å². The molecular formula is C27H26ClF4N3O. The SMILES string of the molecule is O=C(N[C@@](Cc1ccccc1)(c1cc(F)cc(C(F)(F)F)c1)c1ccc(Cl)cn1)N1CCCCCC1. The lowest BCUT2D eigenvalue weighted by Gasteiger charge is -2.37. The molecule has 1 aliphatic rings. The summed E-state index contributed by atoms with van der Waals surface area (Å²) in [6, 6.07) is 14.0. The third-order valence-corrected chi connectivity index (χ3v) is 6.63. The summed E-state index contributed by atoms with van der Waals surface area (Å²) in [5.74, 6) is -1.06. The number of halogens is 5. The van der Waals surface area contributed by atoms with E-state index in [4.69, 9.17) is 11.6 Å². The van der Waals surface area contributed by atoms with Crippen molar-refractivity contribution < 1.29 is 22.4 Å². The largest absolute Gasteiger partial charge is 0.416 e. The van der Waals surface area contributed by atoms with Gasteiger partial charge in [0.15, 0.2) is 0 Å². The van der Waals surface area contributed by atoms with E-state index < -0.39 is 29.1 Å². The highest BCUT2D eigenvalue weighted by molar-refractivity contribution is 6.30. The van der Waals surface area contributed by atoms with Crippen molar-refractivity contribution >= 4 is 17.6 Å². The zero-order chi connectivity index (χ0) is 25.8. The summed E-state index contributed by atoms with van der Waals surface area (Å²) in [4.78, 5) is 19.6. The van der Waals surface area contributed by atoms with Crippen LogP contribution in [0.2, 0.25) is 5.02 Å². The molecule has 0 spiro atoms. The smallest absolute Gasteiger partial charge is 0.325 e. The average molecular weight is 520 g/mol. The Morgan fingerprint density at radius 3 is 2.22 bits per heavy atom. The zero-order valence-electron chi connectivity index (χ0n) is 19.5. The van der Waals surface area contributed by atoms with Crippen molar-refractivity contribution in [2.45, 2.75) is 43.8 Å². The summed E-state index contributed by atoms with van der Waals surface area (Å²) in [6.07, 6.45) is 0.277. The van der Waals surface area contributed by atoms with Gasteiger partial charge in [0.05, 0.1) is 16.3 Å². The number of rotatable bonds is 5. The zero-order valence-corrected chi connectivity index (χ0v) is 20.2. The summed E-state index contributed by atoms with van der Waals surface area (Å²) < 4.78 is 55.9. The van der Waals surface area contributed by atoms with Crippen molar-refractivity contribution in [1.29, 1.82) is 0 Å². The number of amides is 2. The normalized spacial score (nSPS) is 16.2. The minimum absolute atomic E-state index is 0.0444. The lowest BCUT2D eigenvalue weighted by Crippen LogP contribution is -2.54. The van der Waals surface area contributed by atoms with Crippen LogP contribution in [-0.4, -0.2) is 29.0 Å². The van der Waals surface area contributed by atoms with E-state index in [0.29, 0.717) is 24.2 Å². The second-order valence-corrected chi connectivity index (χ2v) is 9.42. The molecule has 36 heavy (non-hydrogen) atoms. The van der Waals surface area contributed by atoms with Gasteiger partial charge in [-0.05, 0) is 54.3 Å². The Kier molecular flexibility index (Phi) is 7.83. The van der Waals surface area contributed by atoms with E-state index in [1.54, 1.807) is 41.3 Å². The van der Waals surface area contributed by atoms with Crippen molar-refractivity contribution in [3.05, 3.63) is 100 Å². The number of hydrogen-bond acceptors (Lipinski definition) is 2. The molecule has 2 amide bonds. The van der Waals surface area contributed by atoms with Gasteiger partial charge < -0.3 is 10.2 Å². The fourth-order valence-corrected chi connectivity index (χ4v) is 4.70. The number of carbonyl (C=O) groups is 1. The quantitative estimate of drug-likeness (QED) is 0.370. The van der Waals surface area contributed by atoms with Crippen LogP contribution in [0.1, 0.15) is 48.1 Å². The molecule has 0 saturated carbocycles. The highest BCUT2D eigenvalue weighted by Crippen LogP contribution is 2.38. The van der Waals surface area contributed by atoms with E-state index in [0.717, 1.165) is 43.4 Å². The monoisotopic (exact) mass is 519 g/mol. The molecule has 190 valence electrons. The summed E-state index contributed by atoms with van der Waals surface area (Å²) >= 11 is 6.06. The first-order valence-electron chi connectivity index (χ1n) is 11.8. The van der Waals surface area contributed by atoms with Gasteiger partial charge >= 0.3 is 12.2 Å². The Morgan fingerprint density at radius 1 is 0.944 bits per heavy atom. The number of nitrogens with zero attached hydrogens (tertiary/aromatic N) is 2. The van der Waals surface area contributed by atoms with Gasteiger partial charge in [0, 0.05) is 25.7 Å². The summed E-state index contributed by atoms with van der Waals surface area (Å²) in [5.41, 5.74) is -1.83.